The molecule has 8 nitrogen and oxygen atoms in total. The smallest absolute Gasteiger partial charge is 0.329 e. The van der Waals surface area contributed by atoms with Gasteiger partial charge < -0.3 is 15.4 Å². The number of benzene rings is 3. The fraction of sp³-hybridized carbons (Fsp3) is 0.154. The molecule has 0 aliphatic rings. The predicted molar refractivity (Wildman–Crippen MR) is 131 cm³/mol. The van der Waals surface area contributed by atoms with Gasteiger partial charge in [0, 0.05) is 17.8 Å². The summed E-state index contributed by atoms with van der Waals surface area (Å²) < 4.78 is 5.63. The minimum absolute atomic E-state index is 0.202. The number of hydrogen-bond acceptors (Lipinski definition) is 5. The average molecular weight is 459 g/mol. The summed E-state index contributed by atoms with van der Waals surface area (Å²) in [6.45, 7) is 3.95. The molecule has 0 fully saturated rings. The van der Waals surface area contributed by atoms with Crippen molar-refractivity contribution in [3.8, 4) is 5.75 Å². The van der Waals surface area contributed by atoms with Crippen LogP contribution in [-0.4, -0.2) is 30.5 Å². The Morgan fingerprint density at radius 2 is 1.56 bits per heavy atom. The molecule has 0 spiro atoms. The summed E-state index contributed by atoms with van der Waals surface area (Å²) in [4.78, 5) is 36.2. The normalized spacial score (nSPS) is 10.5. The molecular weight excluding hydrogens is 432 g/mol. The van der Waals surface area contributed by atoms with Crippen molar-refractivity contribution in [1.82, 2.24) is 10.7 Å². The summed E-state index contributed by atoms with van der Waals surface area (Å²) >= 11 is 0. The Morgan fingerprint density at radius 1 is 0.882 bits per heavy atom. The zero-order valence-corrected chi connectivity index (χ0v) is 19.0. The summed E-state index contributed by atoms with van der Waals surface area (Å²) in [5, 5.41) is 9.16. The van der Waals surface area contributed by atoms with Crippen LogP contribution in [0.4, 0.5) is 5.69 Å². The molecule has 0 heterocycles. The van der Waals surface area contributed by atoms with Crippen LogP contribution in [-0.2, 0) is 20.9 Å². The number of ether oxygens (including phenoxy) is 1. The van der Waals surface area contributed by atoms with Gasteiger partial charge >= 0.3 is 11.8 Å². The quantitative estimate of drug-likeness (QED) is 0.274. The number of hydrogen-bond donors (Lipinski definition) is 3. The van der Waals surface area contributed by atoms with Crippen molar-refractivity contribution in [2.45, 2.75) is 20.4 Å². The molecule has 174 valence electrons. The first-order chi connectivity index (χ1) is 16.4. The Morgan fingerprint density at radius 3 is 2.29 bits per heavy atom. The van der Waals surface area contributed by atoms with E-state index in [1.54, 1.807) is 24.3 Å². The number of nitrogens with one attached hydrogen (secondary N) is 3. The minimum Gasteiger partial charge on any atom is -0.483 e. The van der Waals surface area contributed by atoms with Gasteiger partial charge in [-0.05, 0) is 54.8 Å². The largest absolute Gasteiger partial charge is 0.483 e. The Balaban J connectivity index is 1.50. The molecule has 0 bridgehead atoms. The van der Waals surface area contributed by atoms with Gasteiger partial charge in [-0.1, -0.05) is 48.5 Å². The summed E-state index contributed by atoms with van der Waals surface area (Å²) in [7, 11) is 0. The number of nitrogens with zero attached hydrogens (tertiary/aromatic N) is 1. The molecule has 0 saturated heterocycles. The van der Waals surface area contributed by atoms with E-state index < -0.39 is 11.8 Å². The van der Waals surface area contributed by atoms with Gasteiger partial charge in [0.25, 0.3) is 5.91 Å². The van der Waals surface area contributed by atoms with E-state index in [4.69, 9.17) is 4.74 Å². The molecule has 3 amide bonds. The number of aryl methyl sites for hydroxylation is 2. The van der Waals surface area contributed by atoms with Crippen molar-refractivity contribution in [1.29, 1.82) is 0 Å². The van der Waals surface area contributed by atoms with Crippen molar-refractivity contribution in [3.05, 3.63) is 95.1 Å². The molecule has 0 aliphatic carbocycles. The lowest BCUT2D eigenvalue weighted by Crippen LogP contribution is -2.37. The second kappa shape index (κ2) is 12.0. The molecular formula is C26H26N4O4. The zero-order valence-electron chi connectivity index (χ0n) is 19.0. The SMILES string of the molecule is Cc1cc(C)cc(NC(=O)COc2ccccc2/C=N/NC(=O)C(=O)NCc2ccccc2)c1. The highest BCUT2D eigenvalue weighted by Gasteiger charge is 2.12. The maximum atomic E-state index is 12.3. The average Bonchev–Trinajstić information content (AvgIpc) is 2.81. The number of anilines is 1. The maximum absolute atomic E-state index is 12.3. The topological polar surface area (TPSA) is 109 Å². The third kappa shape index (κ3) is 7.59. The monoisotopic (exact) mass is 458 g/mol. The van der Waals surface area contributed by atoms with Gasteiger partial charge in [0.15, 0.2) is 6.61 Å². The van der Waals surface area contributed by atoms with E-state index >= 15 is 0 Å². The van der Waals surface area contributed by atoms with Crippen LogP contribution in [0.1, 0.15) is 22.3 Å². The van der Waals surface area contributed by atoms with Crippen LogP contribution in [0.5, 0.6) is 5.75 Å². The van der Waals surface area contributed by atoms with Crippen molar-refractivity contribution in [3.63, 3.8) is 0 Å². The zero-order chi connectivity index (χ0) is 24.3. The number of carbonyl (C=O) groups excluding carboxylic acids is 3. The number of carbonyl (C=O) groups is 3. The van der Waals surface area contributed by atoms with Gasteiger partial charge in [-0.2, -0.15) is 5.10 Å². The van der Waals surface area contributed by atoms with E-state index in [0.717, 1.165) is 16.7 Å². The number of hydrazone groups is 1. The molecule has 0 aliphatic heterocycles. The number of amides is 3. The van der Waals surface area contributed by atoms with Gasteiger partial charge in [0.2, 0.25) is 0 Å². The van der Waals surface area contributed by atoms with Crippen LogP contribution in [0, 0.1) is 13.8 Å². The summed E-state index contributed by atoms with van der Waals surface area (Å²) in [5.41, 5.74) is 6.40. The first-order valence-corrected chi connectivity index (χ1v) is 10.7. The summed E-state index contributed by atoms with van der Waals surface area (Å²) in [6.07, 6.45) is 1.35. The van der Waals surface area contributed by atoms with E-state index in [2.05, 4.69) is 21.2 Å². The maximum Gasteiger partial charge on any atom is 0.329 e. The van der Waals surface area contributed by atoms with E-state index in [1.807, 2.05) is 62.4 Å². The van der Waals surface area contributed by atoms with E-state index in [1.165, 1.54) is 6.21 Å². The Labute approximate surface area is 198 Å². The first-order valence-electron chi connectivity index (χ1n) is 10.7. The third-order valence-electron chi connectivity index (χ3n) is 4.66. The van der Waals surface area contributed by atoms with Gasteiger partial charge in [-0.3, -0.25) is 14.4 Å². The Kier molecular flexibility index (Phi) is 8.51. The summed E-state index contributed by atoms with van der Waals surface area (Å²) in [6, 6.07) is 21.9. The van der Waals surface area contributed by atoms with Crippen molar-refractivity contribution < 1.29 is 19.1 Å². The third-order valence-corrected chi connectivity index (χ3v) is 4.66. The lowest BCUT2D eigenvalue weighted by Gasteiger charge is -2.10. The van der Waals surface area contributed by atoms with Crippen LogP contribution < -0.4 is 20.8 Å². The van der Waals surface area contributed by atoms with Gasteiger partial charge in [-0.15, -0.1) is 0 Å². The first kappa shape index (κ1) is 24.2. The van der Waals surface area contributed by atoms with Crippen LogP contribution in [0.15, 0.2) is 77.9 Å². The fourth-order valence-electron chi connectivity index (χ4n) is 3.18. The van der Waals surface area contributed by atoms with Crippen LogP contribution >= 0.6 is 0 Å². The molecule has 0 aromatic heterocycles. The van der Waals surface area contributed by atoms with Crippen molar-refractivity contribution in [2.24, 2.45) is 5.10 Å². The van der Waals surface area contributed by atoms with Gasteiger partial charge in [0.1, 0.15) is 5.75 Å². The van der Waals surface area contributed by atoms with Crippen LogP contribution in [0.25, 0.3) is 0 Å². The van der Waals surface area contributed by atoms with Gasteiger partial charge in [0.05, 0.1) is 6.21 Å². The highest BCUT2D eigenvalue weighted by atomic mass is 16.5. The molecule has 0 unspecified atom stereocenters. The molecule has 8 heteroatoms. The fourth-order valence-corrected chi connectivity index (χ4v) is 3.18. The Bertz CT molecular complexity index is 1170. The number of rotatable bonds is 8. The molecule has 3 aromatic carbocycles. The Hall–Kier alpha value is -4.46. The highest BCUT2D eigenvalue weighted by molar-refractivity contribution is 6.35. The minimum atomic E-state index is -0.890. The second-order valence-electron chi connectivity index (χ2n) is 7.62. The lowest BCUT2D eigenvalue weighted by molar-refractivity contribution is -0.139. The van der Waals surface area contributed by atoms with E-state index in [9.17, 15) is 14.4 Å². The second-order valence-corrected chi connectivity index (χ2v) is 7.62. The molecule has 0 saturated carbocycles. The molecule has 3 N–H and O–H groups in total. The van der Waals surface area contributed by atoms with Crippen LogP contribution in [0.2, 0.25) is 0 Å². The van der Waals surface area contributed by atoms with Gasteiger partial charge in [-0.25, -0.2) is 5.43 Å². The van der Waals surface area contributed by atoms with E-state index in [0.29, 0.717) is 17.0 Å². The van der Waals surface area contributed by atoms with Crippen molar-refractivity contribution in [2.75, 3.05) is 11.9 Å². The van der Waals surface area contributed by atoms with Crippen molar-refractivity contribution >= 4 is 29.6 Å². The molecule has 0 atom stereocenters. The lowest BCUT2D eigenvalue weighted by atomic mass is 10.1. The molecule has 34 heavy (non-hydrogen) atoms. The standard InChI is InChI=1S/C26H26N4O4/c1-18-12-19(2)14-22(13-18)29-24(31)17-34-23-11-7-6-10-21(23)16-28-30-26(33)25(32)27-15-20-8-4-3-5-9-20/h3-14,16H,15,17H2,1-2H3,(H,27,32)(H,29,31)(H,30,33)/b28-16+. The number of para-hydroxylation sites is 1. The molecule has 3 aromatic rings. The highest BCUT2D eigenvalue weighted by Crippen LogP contribution is 2.17. The summed E-state index contributed by atoms with van der Waals surface area (Å²) in [5.74, 6) is -1.59. The molecule has 0 radical (unpaired) electrons. The van der Waals surface area contributed by atoms with E-state index in [-0.39, 0.29) is 19.1 Å². The van der Waals surface area contributed by atoms with Crippen LogP contribution in [0.3, 0.4) is 0 Å². The predicted octanol–water partition coefficient (Wildman–Crippen LogP) is 3.09. The molecule has 3 rings (SSSR count).